The zero-order valence-electron chi connectivity index (χ0n) is 17.7. The number of aromatic nitrogens is 2. The SMILES string of the molecule is COc1cc(N)c(C2NC[C@H](C)N(C(=O)OC(C)(C)C)[C@H]2C)n2cc(C)nc12. The van der Waals surface area contributed by atoms with Crippen molar-refractivity contribution in [3.8, 4) is 5.75 Å². The van der Waals surface area contributed by atoms with Gasteiger partial charge < -0.3 is 20.5 Å². The summed E-state index contributed by atoms with van der Waals surface area (Å²) in [5.41, 5.74) is 8.90. The highest BCUT2D eigenvalue weighted by atomic mass is 16.6. The molecule has 0 aromatic carbocycles. The molecular formula is C20H31N5O3. The molecule has 0 spiro atoms. The number of hydrogen-bond acceptors (Lipinski definition) is 6. The van der Waals surface area contributed by atoms with Crippen LogP contribution in [0, 0.1) is 6.92 Å². The second-order valence-corrected chi connectivity index (χ2v) is 8.49. The predicted octanol–water partition coefficient (Wildman–Crippen LogP) is 2.89. The molecule has 1 unspecified atom stereocenters. The standard InChI is InChI=1S/C20H31N5O3/c1-11-10-24-17(14(21)8-15(27-7)18(24)23-11)16-13(3)25(12(2)9-22-16)19(26)28-20(4,5)6/h8,10,12-13,16,22H,9,21H2,1-7H3/t12-,13-,16?/m0/s1. The van der Waals surface area contributed by atoms with E-state index in [1.54, 1.807) is 18.1 Å². The van der Waals surface area contributed by atoms with Gasteiger partial charge in [-0.05, 0) is 41.5 Å². The van der Waals surface area contributed by atoms with Gasteiger partial charge in [-0.1, -0.05) is 0 Å². The minimum Gasteiger partial charge on any atom is -0.493 e. The number of nitrogens with zero attached hydrogens (tertiary/aromatic N) is 3. The molecule has 28 heavy (non-hydrogen) atoms. The topological polar surface area (TPSA) is 94.1 Å². The van der Waals surface area contributed by atoms with E-state index < -0.39 is 5.60 Å². The molecule has 1 aliphatic rings. The van der Waals surface area contributed by atoms with E-state index in [0.717, 1.165) is 11.4 Å². The van der Waals surface area contributed by atoms with Crippen LogP contribution in [0.15, 0.2) is 12.3 Å². The number of nitrogens with one attached hydrogen (secondary N) is 1. The summed E-state index contributed by atoms with van der Waals surface area (Å²) < 4.78 is 13.1. The quantitative estimate of drug-likeness (QED) is 0.820. The molecule has 3 atom stereocenters. The molecule has 2 aromatic rings. The highest BCUT2D eigenvalue weighted by Crippen LogP contribution is 2.35. The van der Waals surface area contributed by atoms with Gasteiger partial charge in [0.05, 0.1) is 36.3 Å². The number of hydrogen-bond donors (Lipinski definition) is 2. The van der Waals surface area contributed by atoms with Gasteiger partial charge in [-0.3, -0.25) is 9.30 Å². The van der Waals surface area contributed by atoms with Gasteiger partial charge in [0.15, 0.2) is 11.4 Å². The highest BCUT2D eigenvalue weighted by Gasteiger charge is 2.40. The Morgan fingerprint density at radius 1 is 1.36 bits per heavy atom. The van der Waals surface area contributed by atoms with Crippen LogP contribution in [-0.2, 0) is 4.74 Å². The Labute approximate surface area is 166 Å². The van der Waals surface area contributed by atoms with Crippen LogP contribution >= 0.6 is 0 Å². The molecule has 154 valence electrons. The average molecular weight is 390 g/mol. The van der Waals surface area contributed by atoms with Crippen LogP contribution < -0.4 is 15.8 Å². The summed E-state index contributed by atoms with van der Waals surface area (Å²) in [7, 11) is 1.60. The van der Waals surface area contributed by atoms with E-state index in [0.29, 0.717) is 23.6 Å². The first kappa shape index (κ1) is 20.3. The van der Waals surface area contributed by atoms with E-state index in [1.165, 1.54) is 0 Å². The van der Waals surface area contributed by atoms with E-state index in [4.69, 9.17) is 15.2 Å². The molecule has 8 nitrogen and oxygen atoms in total. The maximum absolute atomic E-state index is 12.9. The lowest BCUT2D eigenvalue weighted by molar-refractivity contribution is -0.00507. The number of methoxy groups -OCH3 is 1. The summed E-state index contributed by atoms with van der Waals surface area (Å²) in [5.74, 6) is 0.621. The third-order valence-corrected chi connectivity index (χ3v) is 5.04. The minimum atomic E-state index is -0.551. The normalized spacial score (nSPS) is 23.1. The molecule has 3 N–H and O–H groups in total. The molecule has 2 aromatic heterocycles. The smallest absolute Gasteiger partial charge is 0.410 e. The summed E-state index contributed by atoms with van der Waals surface area (Å²) in [5, 5.41) is 3.54. The first-order valence-corrected chi connectivity index (χ1v) is 9.60. The van der Waals surface area contributed by atoms with Gasteiger partial charge in [-0.2, -0.15) is 0 Å². The zero-order chi connectivity index (χ0) is 20.8. The number of anilines is 1. The summed E-state index contributed by atoms with van der Waals surface area (Å²) in [6.45, 7) is 12.2. The molecule has 1 fully saturated rings. The first-order chi connectivity index (χ1) is 13.0. The number of piperazine rings is 1. The summed E-state index contributed by atoms with van der Waals surface area (Å²) in [6, 6.07) is 1.45. The number of pyridine rings is 1. The lowest BCUT2D eigenvalue weighted by Gasteiger charge is -2.44. The molecule has 1 amide bonds. The van der Waals surface area contributed by atoms with Gasteiger partial charge in [0.1, 0.15) is 5.60 Å². The Morgan fingerprint density at radius 3 is 2.64 bits per heavy atom. The third kappa shape index (κ3) is 3.61. The Morgan fingerprint density at radius 2 is 2.04 bits per heavy atom. The molecule has 3 heterocycles. The molecule has 0 bridgehead atoms. The summed E-state index contributed by atoms with van der Waals surface area (Å²) in [6.07, 6.45) is 1.62. The second kappa shape index (κ2) is 7.16. The number of rotatable bonds is 2. The fraction of sp³-hybridized carbons (Fsp3) is 0.600. The molecule has 1 saturated heterocycles. The van der Waals surface area contributed by atoms with Crippen LogP contribution in [-0.4, -0.2) is 51.7 Å². The largest absolute Gasteiger partial charge is 0.493 e. The molecule has 1 aliphatic heterocycles. The van der Waals surface area contributed by atoms with E-state index in [1.807, 2.05) is 52.1 Å². The van der Waals surface area contributed by atoms with Crippen molar-refractivity contribution >= 4 is 17.4 Å². The Kier molecular flexibility index (Phi) is 5.18. The van der Waals surface area contributed by atoms with Crippen molar-refractivity contribution in [3.05, 3.63) is 23.7 Å². The van der Waals surface area contributed by atoms with Crippen LogP contribution in [0.4, 0.5) is 10.5 Å². The molecule has 0 radical (unpaired) electrons. The van der Waals surface area contributed by atoms with Gasteiger partial charge in [-0.25, -0.2) is 9.78 Å². The van der Waals surface area contributed by atoms with Crippen molar-refractivity contribution < 1.29 is 14.3 Å². The zero-order valence-corrected chi connectivity index (χ0v) is 17.7. The fourth-order valence-corrected chi connectivity index (χ4v) is 3.87. The second-order valence-electron chi connectivity index (χ2n) is 8.49. The van der Waals surface area contributed by atoms with E-state index in [-0.39, 0.29) is 24.2 Å². The number of imidazole rings is 1. The van der Waals surface area contributed by atoms with Crippen LogP contribution in [0.25, 0.3) is 5.65 Å². The van der Waals surface area contributed by atoms with E-state index in [2.05, 4.69) is 10.3 Å². The van der Waals surface area contributed by atoms with Crippen molar-refractivity contribution in [2.24, 2.45) is 0 Å². The Bertz CT molecular complexity index is 886. The molecule has 3 rings (SSSR count). The van der Waals surface area contributed by atoms with Gasteiger partial charge >= 0.3 is 6.09 Å². The summed E-state index contributed by atoms with van der Waals surface area (Å²) in [4.78, 5) is 19.2. The van der Waals surface area contributed by atoms with Crippen molar-refractivity contribution in [1.82, 2.24) is 19.6 Å². The number of nitrogen functional groups attached to an aromatic ring is 1. The number of amides is 1. The number of nitrogens with two attached hydrogens (primary N) is 1. The minimum absolute atomic E-state index is 0.000544. The van der Waals surface area contributed by atoms with Crippen molar-refractivity contribution in [3.63, 3.8) is 0 Å². The monoisotopic (exact) mass is 389 g/mol. The molecule has 0 aliphatic carbocycles. The van der Waals surface area contributed by atoms with Crippen LogP contribution in [0.3, 0.4) is 0 Å². The van der Waals surface area contributed by atoms with Gasteiger partial charge in [0, 0.05) is 24.8 Å². The Balaban J connectivity index is 2.04. The van der Waals surface area contributed by atoms with Gasteiger partial charge in [0.2, 0.25) is 0 Å². The maximum Gasteiger partial charge on any atom is 0.410 e. The summed E-state index contributed by atoms with van der Waals surface area (Å²) >= 11 is 0. The average Bonchev–Trinajstić information content (AvgIpc) is 2.95. The lowest BCUT2D eigenvalue weighted by Crippen LogP contribution is -2.59. The molecular weight excluding hydrogens is 358 g/mol. The van der Waals surface area contributed by atoms with E-state index >= 15 is 0 Å². The molecule has 0 saturated carbocycles. The van der Waals surface area contributed by atoms with Crippen LogP contribution in [0.2, 0.25) is 0 Å². The number of aryl methyl sites for hydroxylation is 1. The number of carbonyl (C=O) groups excluding carboxylic acids is 1. The lowest BCUT2D eigenvalue weighted by atomic mass is 9.97. The van der Waals surface area contributed by atoms with Crippen LogP contribution in [0.5, 0.6) is 5.75 Å². The maximum atomic E-state index is 12.9. The predicted molar refractivity (Wildman–Crippen MR) is 109 cm³/mol. The van der Waals surface area contributed by atoms with Crippen molar-refractivity contribution in [1.29, 1.82) is 0 Å². The number of carbonyl (C=O) groups is 1. The first-order valence-electron chi connectivity index (χ1n) is 9.60. The number of fused-ring (bicyclic) bond motifs is 1. The Hall–Kier alpha value is -2.48. The van der Waals surface area contributed by atoms with Crippen molar-refractivity contribution in [2.75, 3.05) is 19.4 Å². The van der Waals surface area contributed by atoms with E-state index in [9.17, 15) is 4.79 Å². The molecule has 8 heteroatoms. The van der Waals surface area contributed by atoms with Crippen LogP contribution in [0.1, 0.15) is 52.0 Å². The van der Waals surface area contributed by atoms with Gasteiger partial charge in [-0.15, -0.1) is 0 Å². The highest BCUT2D eigenvalue weighted by molar-refractivity contribution is 5.70. The van der Waals surface area contributed by atoms with Crippen molar-refractivity contribution in [2.45, 2.75) is 65.3 Å². The van der Waals surface area contributed by atoms with Gasteiger partial charge in [0.25, 0.3) is 0 Å². The fourth-order valence-electron chi connectivity index (χ4n) is 3.87. The third-order valence-electron chi connectivity index (χ3n) is 5.04. The number of ether oxygens (including phenoxy) is 2.